The molecule has 0 unspecified atom stereocenters. The highest BCUT2D eigenvalue weighted by Gasteiger charge is 2.24. The van der Waals surface area contributed by atoms with Crippen molar-refractivity contribution in [2.45, 2.75) is 45.6 Å². The van der Waals surface area contributed by atoms with Crippen molar-refractivity contribution in [2.75, 3.05) is 18.5 Å². The van der Waals surface area contributed by atoms with E-state index in [4.69, 9.17) is 4.74 Å². The van der Waals surface area contributed by atoms with Gasteiger partial charge in [0.15, 0.2) is 0 Å². The molecule has 5 heteroatoms. The van der Waals surface area contributed by atoms with Gasteiger partial charge >= 0.3 is 0 Å². The fraction of sp³-hybridized carbons (Fsp3) is 0.588. The first-order chi connectivity index (χ1) is 10.2. The van der Waals surface area contributed by atoms with E-state index in [2.05, 4.69) is 24.5 Å². The number of halogens is 1. The maximum absolute atomic E-state index is 12.3. The summed E-state index contributed by atoms with van der Waals surface area (Å²) in [7, 11) is 0. The normalized spacial score (nSPS) is 20.8. The molecule has 1 aliphatic heterocycles. The van der Waals surface area contributed by atoms with E-state index in [0.29, 0.717) is 6.04 Å². The monoisotopic (exact) mass is 326 g/mol. The number of rotatable bonds is 6. The number of hydrogen-bond donors (Lipinski definition) is 2. The van der Waals surface area contributed by atoms with Crippen molar-refractivity contribution < 1.29 is 9.53 Å². The standard InChI is InChI=1S/C17H26N2O2.ClH/c1-3-4-10-21-16-7-5-6-15(12-16)19-17(20)14-8-9-18-13(2)11-14;/h5-7,12-14,18H,3-4,8-11H2,1-2H3,(H,19,20);1H/t13-,14-;/m0./s1. The molecule has 4 nitrogen and oxygen atoms in total. The average molecular weight is 327 g/mol. The first-order valence-corrected chi connectivity index (χ1v) is 7.96. The lowest BCUT2D eigenvalue weighted by Gasteiger charge is -2.27. The van der Waals surface area contributed by atoms with Crippen molar-refractivity contribution in [1.82, 2.24) is 5.32 Å². The summed E-state index contributed by atoms with van der Waals surface area (Å²) < 4.78 is 5.67. The van der Waals surface area contributed by atoms with Gasteiger partial charge in [-0.2, -0.15) is 0 Å². The van der Waals surface area contributed by atoms with E-state index in [1.165, 1.54) is 0 Å². The molecule has 2 atom stereocenters. The third-order valence-electron chi connectivity index (χ3n) is 3.86. The Balaban J connectivity index is 0.00000242. The van der Waals surface area contributed by atoms with E-state index in [1.54, 1.807) is 0 Å². The lowest BCUT2D eigenvalue weighted by Crippen LogP contribution is -2.40. The first kappa shape index (κ1) is 18.8. The molecule has 1 aliphatic rings. The summed E-state index contributed by atoms with van der Waals surface area (Å²) in [4.78, 5) is 12.3. The molecule has 1 saturated heterocycles. The number of unbranched alkanes of at least 4 members (excludes halogenated alkanes) is 1. The number of ether oxygens (including phenoxy) is 1. The molecule has 1 heterocycles. The lowest BCUT2D eigenvalue weighted by molar-refractivity contribution is -0.120. The van der Waals surface area contributed by atoms with Crippen LogP contribution in [0.15, 0.2) is 24.3 Å². The number of amides is 1. The van der Waals surface area contributed by atoms with Crippen LogP contribution in [-0.2, 0) is 4.79 Å². The van der Waals surface area contributed by atoms with Crippen molar-refractivity contribution in [3.63, 3.8) is 0 Å². The maximum Gasteiger partial charge on any atom is 0.227 e. The third-order valence-corrected chi connectivity index (χ3v) is 3.86. The molecule has 22 heavy (non-hydrogen) atoms. The summed E-state index contributed by atoms with van der Waals surface area (Å²) >= 11 is 0. The fourth-order valence-corrected chi connectivity index (χ4v) is 2.61. The van der Waals surface area contributed by atoms with Crippen LogP contribution >= 0.6 is 12.4 Å². The van der Waals surface area contributed by atoms with Crippen LogP contribution in [0.3, 0.4) is 0 Å². The SMILES string of the molecule is CCCCOc1cccc(NC(=O)[C@H]2CCN[C@@H](C)C2)c1.Cl. The van der Waals surface area contributed by atoms with Crippen molar-refractivity contribution in [2.24, 2.45) is 5.92 Å². The lowest BCUT2D eigenvalue weighted by atomic mass is 9.92. The average Bonchev–Trinajstić information content (AvgIpc) is 2.48. The molecular formula is C17H27ClN2O2. The Morgan fingerprint density at radius 1 is 1.45 bits per heavy atom. The van der Waals surface area contributed by atoms with E-state index in [1.807, 2.05) is 24.3 Å². The minimum atomic E-state index is 0. The minimum Gasteiger partial charge on any atom is -0.494 e. The molecule has 0 aliphatic carbocycles. The van der Waals surface area contributed by atoms with Gasteiger partial charge in [0.1, 0.15) is 5.75 Å². The second-order valence-electron chi connectivity index (χ2n) is 5.80. The van der Waals surface area contributed by atoms with Crippen LogP contribution in [-0.4, -0.2) is 25.1 Å². The van der Waals surface area contributed by atoms with Crippen LogP contribution in [0.25, 0.3) is 0 Å². The van der Waals surface area contributed by atoms with E-state index in [0.717, 1.165) is 50.3 Å². The zero-order chi connectivity index (χ0) is 15.1. The van der Waals surface area contributed by atoms with E-state index in [9.17, 15) is 4.79 Å². The predicted octanol–water partition coefficient (Wildman–Crippen LogP) is 3.61. The second kappa shape index (κ2) is 9.70. The van der Waals surface area contributed by atoms with Crippen LogP contribution in [0.4, 0.5) is 5.69 Å². The molecule has 0 bridgehead atoms. The number of nitrogens with one attached hydrogen (secondary N) is 2. The van der Waals surface area contributed by atoms with Gasteiger partial charge < -0.3 is 15.4 Å². The van der Waals surface area contributed by atoms with Crippen LogP contribution < -0.4 is 15.4 Å². The highest BCUT2D eigenvalue weighted by molar-refractivity contribution is 5.92. The molecule has 0 radical (unpaired) electrons. The Kier molecular flexibility index (Phi) is 8.28. The van der Waals surface area contributed by atoms with Crippen molar-refractivity contribution in [3.8, 4) is 5.75 Å². The zero-order valence-electron chi connectivity index (χ0n) is 13.4. The fourth-order valence-electron chi connectivity index (χ4n) is 2.61. The Morgan fingerprint density at radius 3 is 3.00 bits per heavy atom. The van der Waals surface area contributed by atoms with Gasteiger partial charge in [-0.15, -0.1) is 12.4 Å². The Hall–Kier alpha value is -1.26. The van der Waals surface area contributed by atoms with Gasteiger partial charge in [-0.1, -0.05) is 19.4 Å². The highest BCUT2D eigenvalue weighted by atomic mass is 35.5. The van der Waals surface area contributed by atoms with E-state index < -0.39 is 0 Å². The van der Waals surface area contributed by atoms with E-state index in [-0.39, 0.29) is 24.2 Å². The van der Waals surface area contributed by atoms with Crippen molar-refractivity contribution >= 4 is 24.0 Å². The molecule has 2 rings (SSSR count). The Labute approximate surface area is 139 Å². The largest absolute Gasteiger partial charge is 0.494 e. The van der Waals surface area contributed by atoms with Crippen LogP contribution in [0.1, 0.15) is 39.5 Å². The molecule has 124 valence electrons. The summed E-state index contributed by atoms with van der Waals surface area (Å²) in [6, 6.07) is 8.07. The molecule has 0 aromatic heterocycles. The first-order valence-electron chi connectivity index (χ1n) is 7.96. The van der Waals surface area contributed by atoms with Gasteiger partial charge in [-0.25, -0.2) is 0 Å². The Bertz CT molecular complexity index is 468. The molecule has 1 aromatic carbocycles. The van der Waals surface area contributed by atoms with E-state index >= 15 is 0 Å². The Morgan fingerprint density at radius 2 is 2.27 bits per heavy atom. The minimum absolute atomic E-state index is 0. The second-order valence-corrected chi connectivity index (χ2v) is 5.80. The number of anilines is 1. The molecule has 2 N–H and O–H groups in total. The molecule has 0 spiro atoms. The molecular weight excluding hydrogens is 300 g/mol. The van der Waals surface area contributed by atoms with Gasteiger partial charge in [0, 0.05) is 23.7 Å². The summed E-state index contributed by atoms with van der Waals surface area (Å²) in [5.41, 5.74) is 0.820. The molecule has 1 fully saturated rings. The molecule has 0 saturated carbocycles. The van der Waals surface area contributed by atoms with Gasteiger partial charge in [-0.3, -0.25) is 4.79 Å². The quantitative estimate of drug-likeness (QED) is 0.785. The smallest absolute Gasteiger partial charge is 0.227 e. The zero-order valence-corrected chi connectivity index (χ0v) is 14.2. The number of carbonyl (C=O) groups is 1. The highest BCUT2D eigenvalue weighted by Crippen LogP contribution is 2.21. The van der Waals surface area contributed by atoms with Crippen molar-refractivity contribution in [1.29, 1.82) is 0 Å². The summed E-state index contributed by atoms with van der Waals surface area (Å²) in [6.45, 7) is 5.90. The topological polar surface area (TPSA) is 50.4 Å². The van der Waals surface area contributed by atoms with Gasteiger partial charge in [0.2, 0.25) is 5.91 Å². The number of carbonyl (C=O) groups excluding carboxylic acids is 1. The molecule has 1 amide bonds. The van der Waals surface area contributed by atoms with Gasteiger partial charge in [-0.05, 0) is 44.9 Å². The number of piperidine rings is 1. The van der Waals surface area contributed by atoms with Crippen LogP contribution in [0, 0.1) is 5.92 Å². The maximum atomic E-state index is 12.3. The predicted molar refractivity (Wildman–Crippen MR) is 92.9 cm³/mol. The third kappa shape index (κ3) is 5.85. The van der Waals surface area contributed by atoms with Crippen molar-refractivity contribution in [3.05, 3.63) is 24.3 Å². The summed E-state index contributed by atoms with van der Waals surface area (Å²) in [5, 5.41) is 6.38. The van der Waals surface area contributed by atoms with Gasteiger partial charge in [0.05, 0.1) is 6.61 Å². The van der Waals surface area contributed by atoms with Crippen LogP contribution in [0.2, 0.25) is 0 Å². The molecule has 1 aromatic rings. The number of benzene rings is 1. The number of hydrogen-bond acceptors (Lipinski definition) is 3. The summed E-state index contributed by atoms with van der Waals surface area (Å²) in [6.07, 6.45) is 3.97. The van der Waals surface area contributed by atoms with Crippen LogP contribution in [0.5, 0.6) is 5.75 Å². The summed E-state index contributed by atoms with van der Waals surface area (Å²) in [5.74, 6) is 1.04. The van der Waals surface area contributed by atoms with Gasteiger partial charge in [0.25, 0.3) is 0 Å².